The molecule has 0 radical (unpaired) electrons. The van der Waals surface area contributed by atoms with E-state index in [9.17, 15) is 10.2 Å². The molecule has 1 saturated heterocycles. The third-order valence-corrected chi connectivity index (χ3v) is 7.26. The molecule has 0 bridgehead atoms. The van der Waals surface area contributed by atoms with E-state index in [0.29, 0.717) is 11.5 Å². The number of aromatic nitrogens is 4. The van der Waals surface area contributed by atoms with Crippen LogP contribution in [-0.4, -0.2) is 47.0 Å². The van der Waals surface area contributed by atoms with Crippen LogP contribution >= 0.6 is 22.6 Å². The number of hydrogen-bond acceptors (Lipinski definition) is 7. The van der Waals surface area contributed by atoms with Crippen LogP contribution in [0.25, 0.3) is 11.0 Å². The summed E-state index contributed by atoms with van der Waals surface area (Å²) in [4.78, 5) is 12.9. The number of halogens is 1. The Morgan fingerprint density at radius 2 is 2.04 bits per heavy atom. The number of hydrogen-bond donors (Lipinski definition) is 3. The zero-order valence-electron chi connectivity index (χ0n) is 15.6. The third kappa shape index (κ3) is 1.97. The molecule has 4 atom stereocenters. The molecule has 0 amide bonds. The van der Waals surface area contributed by atoms with Crippen molar-refractivity contribution >= 4 is 45.1 Å². The van der Waals surface area contributed by atoms with E-state index in [-0.39, 0.29) is 0 Å². The highest BCUT2D eigenvalue weighted by Gasteiger charge is 2.91. The Morgan fingerprint density at radius 3 is 2.68 bits per heavy atom. The van der Waals surface area contributed by atoms with Gasteiger partial charge in [0.2, 0.25) is 0 Å². The highest BCUT2D eigenvalue weighted by Crippen LogP contribution is 2.75. The molecule has 1 aliphatic heterocycles. The second kappa shape index (κ2) is 5.62. The van der Waals surface area contributed by atoms with Crippen molar-refractivity contribution in [3.05, 3.63) is 40.6 Å². The zero-order chi connectivity index (χ0) is 19.9. The average Bonchev–Trinajstić information content (AvgIpc) is 2.94. The molecule has 28 heavy (non-hydrogen) atoms. The van der Waals surface area contributed by atoms with Crippen LogP contribution in [0.15, 0.2) is 37.1 Å². The lowest BCUT2D eigenvalue weighted by Gasteiger charge is -2.26. The van der Waals surface area contributed by atoms with E-state index in [2.05, 4.69) is 42.9 Å². The van der Waals surface area contributed by atoms with Gasteiger partial charge in [0.15, 0.2) is 6.23 Å². The first-order chi connectivity index (χ1) is 13.2. The molecule has 5 rings (SSSR count). The number of aliphatic hydroxyl groups is 2. The van der Waals surface area contributed by atoms with Crippen molar-refractivity contribution < 1.29 is 14.9 Å². The van der Waals surface area contributed by atoms with E-state index in [0.717, 1.165) is 14.6 Å². The van der Waals surface area contributed by atoms with Gasteiger partial charge in [0.05, 0.1) is 23.4 Å². The number of pyridine rings is 1. The summed E-state index contributed by atoms with van der Waals surface area (Å²) in [6.07, 6.45) is 5.54. The first-order valence-corrected chi connectivity index (χ1v) is 10.1. The highest BCUT2D eigenvalue weighted by atomic mass is 127. The van der Waals surface area contributed by atoms with Gasteiger partial charge in [-0.2, -0.15) is 0 Å². The second-order valence-corrected chi connectivity index (χ2v) is 9.12. The lowest BCUT2D eigenvalue weighted by Crippen LogP contribution is -2.30. The molecule has 2 aliphatic rings. The van der Waals surface area contributed by atoms with E-state index in [1.165, 1.54) is 6.33 Å². The summed E-state index contributed by atoms with van der Waals surface area (Å²) >= 11 is 2.22. The Labute approximate surface area is 175 Å². The van der Waals surface area contributed by atoms with Gasteiger partial charge in [-0.15, -0.1) is 0 Å². The van der Waals surface area contributed by atoms with Crippen LogP contribution in [0.5, 0.6) is 0 Å². The Balaban J connectivity index is 1.63. The van der Waals surface area contributed by atoms with Gasteiger partial charge in [0.1, 0.15) is 29.0 Å². The number of fused-ring (bicyclic) bond motifs is 2. The molecule has 3 aromatic rings. The smallest absolute Gasteiger partial charge is 0.168 e. The van der Waals surface area contributed by atoms with Gasteiger partial charge in [-0.05, 0) is 41.6 Å². The third-order valence-electron chi connectivity index (χ3n) is 6.44. The normalized spacial score (nSPS) is 33.1. The van der Waals surface area contributed by atoms with Crippen molar-refractivity contribution in [2.24, 2.45) is 5.41 Å². The van der Waals surface area contributed by atoms with Crippen molar-refractivity contribution in [1.29, 1.82) is 0 Å². The van der Waals surface area contributed by atoms with Crippen LogP contribution in [0.3, 0.4) is 0 Å². The fraction of sp³-hybridized carbons (Fsp3) is 0.421. The Hall–Kier alpha value is -1.82. The maximum absolute atomic E-state index is 11.3. The number of ether oxygens (including phenoxy) is 1. The average molecular weight is 493 g/mol. The molecule has 0 spiro atoms. The van der Waals surface area contributed by atoms with Crippen LogP contribution in [-0.2, 0) is 4.74 Å². The summed E-state index contributed by atoms with van der Waals surface area (Å²) in [5.74, 6) is 0.643. The number of rotatable bonds is 3. The fourth-order valence-corrected chi connectivity index (χ4v) is 5.55. The fourth-order valence-electron chi connectivity index (χ4n) is 4.76. The van der Waals surface area contributed by atoms with E-state index in [1.807, 2.05) is 32.2 Å². The molecule has 0 aromatic carbocycles. The molecule has 4 heterocycles. The highest BCUT2D eigenvalue weighted by molar-refractivity contribution is 14.1. The summed E-state index contributed by atoms with van der Waals surface area (Å²) in [6.45, 7) is 5.51. The maximum Gasteiger partial charge on any atom is 0.168 e. The molecule has 3 N–H and O–H groups in total. The molecule has 1 saturated carbocycles. The van der Waals surface area contributed by atoms with Crippen LogP contribution in [0.4, 0.5) is 11.5 Å². The van der Waals surface area contributed by atoms with Crippen molar-refractivity contribution in [1.82, 2.24) is 19.5 Å². The Bertz CT molecular complexity index is 1090. The predicted molar refractivity (Wildman–Crippen MR) is 111 cm³/mol. The van der Waals surface area contributed by atoms with E-state index in [1.54, 1.807) is 23.9 Å². The van der Waals surface area contributed by atoms with Crippen molar-refractivity contribution in [2.45, 2.75) is 44.3 Å². The number of nitrogens with one attached hydrogen (secondary N) is 1. The second-order valence-electron chi connectivity index (χ2n) is 7.96. The lowest BCUT2D eigenvalue weighted by molar-refractivity contribution is -0.105. The summed E-state index contributed by atoms with van der Waals surface area (Å²) < 4.78 is 8.71. The maximum atomic E-state index is 11.3. The summed E-state index contributed by atoms with van der Waals surface area (Å²) in [6, 6.07) is 3.75. The quantitative estimate of drug-likeness (QED) is 0.482. The Kier molecular flexibility index (Phi) is 3.66. The van der Waals surface area contributed by atoms with Crippen molar-refractivity contribution in [3.8, 4) is 0 Å². The first-order valence-electron chi connectivity index (χ1n) is 9.02. The minimum Gasteiger partial charge on any atom is -0.383 e. The monoisotopic (exact) mass is 493 g/mol. The van der Waals surface area contributed by atoms with Gasteiger partial charge in [0.25, 0.3) is 0 Å². The summed E-state index contributed by atoms with van der Waals surface area (Å²) in [5.41, 5.74) is -1.93. The van der Waals surface area contributed by atoms with Gasteiger partial charge >= 0.3 is 0 Å². The van der Waals surface area contributed by atoms with Crippen LogP contribution in [0, 0.1) is 8.99 Å². The van der Waals surface area contributed by atoms with Gasteiger partial charge in [-0.25, -0.2) is 9.97 Å². The largest absolute Gasteiger partial charge is 0.383 e. The zero-order valence-corrected chi connectivity index (χ0v) is 17.7. The van der Waals surface area contributed by atoms with Crippen LogP contribution in [0.2, 0.25) is 0 Å². The first kappa shape index (κ1) is 18.2. The van der Waals surface area contributed by atoms with Gasteiger partial charge in [0, 0.05) is 21.4 Å². The summed E-state index contributed by atoms with van der Waals surface area (Å²) in [5, 5.41) is 26.5. The Morgan fingerprint density at radius 1 is 1.25 bits per heavy atom. The molecule has 1 aliphatic carbocycles. The van der Waals surface area contributed by atoms with Crippen LogP contribution < -0.4 is 5.32 Å². The lowest BCUT2D eigenvalue weighted by atomic mass is 10.0. The van der Waals surface area contributed by atoms with Gasteiger partial charge in [-0.1, -0.05) is 13.8 Å². The number of nitrogens with zero attached hydrogens (tertiary/aromatic N) is 4. The van der Waals surface area contributed by atoms with Crippen molar-refractivity contribution in [2.75, 3.05) is 5.32 Å². The predicted octanol–water partition coefficient (Wildman–Crippen LogP) is 2.59. The topological polar surface area (TPSA) is 105 Å². The molecule has 3 aromatic heterocycles. The molecule has 0 unspecified atom stereocenters. The molecule has 2 fully saturated rings. The van der Waals surface area contributed by atoms with E-state index in [4.69, 9.17) is 4.74 Å². The molecular weight excluding hydrogens is 473 g/mol. The molecule has 9 heteroatoms. The van der Waals surface area contributed by atoms with Gasteiger partial charge in [-0.3, -0.25) is 4.98 Å². The van der Waals surface area contributed by atoms with E-state index < -0.39 is 28.9 Å². The minimum atomic E-state index is -1.39. The van der Waals surface area contributed by atoms with Gasteiger partial charge < -0.3 is 24.8 Å². The van der Waals surface area contributed by atoms with Crippen molar-refractivity contribution in [3.63, 3.8) is 0 Å². The molecular formula is C19H20IN5O3. The van der Waals surface area contributed by atoms with E-state index >= 15 is 0 Å². The SMILES string of the molecule is C[C@H]1O[C@@H](n2cc(I)c3c(Nc4cccnc4)ncnc32)[C@@]2(O)C(C)(C)[C@@]12O. The standard InChI is InChI=1S/C19H20IN5O3/c1-10-18(26)17(2,3)19(18,27)16(28-10)25-8-12(20)13-14(22-9-23-15(13)25)24-11-5-4-6-21-7-11/h4-10,16,26-27H,1-3H3,(H,22,23,24)/t10-,16-,18+,19-/m1/s1. The number of anilines is 2. The van der Waals surface area contributed by atoms with Crippen LogP contribution in [0.1, 0.15) is 27.0 Å². The summed E-state index contributed by atoms with van der Waals surface area (Å²) in [7, 11) is 0. The molecule has 8 nitrogen and oxygen atoms in total. The molecule has 146 valence electrons. The minimum absolute atomic E-state index is 0.498.